The molecule has 1 aromatic heterocycles. The largest absolute Gasteiger partial charge is 0.322 e. The van der Waals surface area contributed by atoms with Crippen LogP contribution in [0.25, 0.3) is 0 Å². The third kappa shape index (κ3) is 3.12. The van der Waals surface area contributed by atoms with Crippen LogP contribution in [-0.4, -0.2) is 15.8 Å². The van der Waals surface area contributed by atoms with Gasteiger partial charge in [0.05, 0.1) is 20.0 Å². The Balaban J connectivity index is 2.23. The normalized spacial score (nSPS) is 10.1. The highest BCUT2D eigenvalue weighted by atomic mass is 79.9. The van der Waals surface area contributed by atoms with Crippen LogP contribution in [0.15, 0.2) is 41.1 Å². The predicted octanol–water partition coefficient (Wildman–Crippen LogP) is 3.66. The van der Waals surface area contributed by atoms with Crippen LogP contribution in [0.4, 0.5) is 11.4 Å². The van der Waals surface area contributed by atoms with Gasteiger partial charge >= 0.3 is 0 Å². The fourth-order valence-corrected chi connectivity index (χ4v) is 2.19. The number of carbonyl (C=O) groups excluding carboxylic acids is 1. The van der Waals surface area contributed by atoms with Crippen LogP contribution in [0.3, 0.4) is 0 Å². The number of benzene rings is 1. The van der Waals surface area contributed by atoms with Crippen LogP contribution >= 0.6 is 27.5 Å². The van der Waals surface area contributed by atoms with Crippen LogP contribution in [-0.2, 0) is 0 Å². The van der Waals surface area contributed by atoms with Gasteiger partial charge < -0.3 is 5.32 Å². The summed E-state index contributed by atoms with van der Waals surface area (Å²) in [7, 11) is 0. The number of hydrogen-bond donors (Lipinski definition) is 1. The Labute approximate surface area is 127 Å². The number of carbonyl (C=O) groups is 1. The highest BCUT2D eigenvalue weighted by Gasteiger charge is 2.14. The minimum atomic E-state index is -0.520. The molecule has 20 heavy (non-hydrogen) atoms. The molecule has 0 radical (unpaired) electrons. The summed E-state index contributed by atoms with van der Waals surface area (Å²) >= 11 is 8.96. The number of anilines is 1. The Morgan fingerprint density at radius 2 is 2.15 bits per heavy atom. The second-order valence-corrected chi connectivity index (χ2v) is 4.99. The molecule has 1 aromatic carbocycles. The van der Waals surface area contributed by atoms with E-state index in [-0.39, 0.29) is 20.7 Å². The van der Waals surface area contributed by atoms with E-state index in [2.05, 4.69) is 26.2 Å². The van der Waals surface area contributed by atoms with E-state index in [1.165, 1.54) is 36.7 Å². The first-order valence-electron chi connectivity index (χ1n) is 5.34. The van der Waals surface area contributed by atoms with Crippen molar-refractivity contribution in [2.75, 3.05) is 5.32 Å². The van der Waals surface area contributed by atoms with Gasteiger partial charge in [-0.3, -0.25) is 19.9 Å². The smallest absolute Gasteiger partial charge is 0.283 e. The quantitative estimate of drug-likeness (QED) is 0.672. The van der Waals surface area contributed by atoms with Gasteiger partial charge in [-0.15, -0.1) is 0 Å². The molecule has 6 nitrogen and oxygen atoms in total. The molecule has 1 heterocycles. The third-order valence-corrected chi connectivity index (χ3v) is 3.38. The molecule has 0 aliphatic heterocycles. The van der Waals surface area contributed by atoms with Crippen LogP contribution in [0.1, 0.15) is 10.4 Å². The third-order valence-electron chi connectivity index (χ3n) is 2.41. The van der Waals surface area contributed by atoms with Gasteiger partial charge in [0.15, 0.2) is 0 Å². The van der Waals surface area contributed by atoms with Crippen molar-refractivity contribution in [1.82, 2.24) is 4.98 Å². The van der Waals surface area contributed by atoms with Crippen molar-refractivity contribution in [2.45, 2.75) is 0 Å². The molecule has 1 amide bonds. The van der Waals surface area contributed by atoms with E-state index < -0.39 is 10.8 Å². The number of aromatic nitrogens is 1. The molecule has 0 saturated carbocycles. The lowest BCUT2D eigenvalue weighted by Crippen LogP contribution is -2.12. The second-order valence-electron chi connectivity index (χ2n) is 3.73. The maximum atomic E-state index is 12.0. The number of pyridine rings is 1. The Hall–Kier alpha value is -1.99. The zero-order chi connectivity index (χ0) is 14.7. The second kappa shape index (κ2) is 5.98. The Morgan fingerprint density at radius 3 is 2.75 bits per heavy atom. The standard InChI is InChI=1S/C12H7BrClN3O3/c13-9-5-7(1-2-11(9)17(19)20)16-12(18)8-6-15-4-3-10(8)14/h1-6H,(H,16,18). The maximum absolute atomic E-state index is 12.0. The molecule has 2 rings (SSSR count). The van der Waals surface area contributed by atoms with Crippen molar-refractivity contribution in [1.29, 1.82) is 0 Å². The van der Waals surface area contributed by atoms with E-state index in [1.54, 1.807) is 0 Å². The molecule has 0 unspecified atom stereocenters. The van der Waals surface area contributed by atoms with Crippen molar-refractivity contribution in [2.24, 2.45) is 0 Å². The number of hydrogen-bond acceptors (Lipinski definition) is 4. The van der Waals surface area contributed by atoms with Gasteiger partial charge in [0, 0.05) is 24.1 Å². The van der Waals surface area contributed by atoms with Crippen molar-refractivity contribution in [3.63, 3.8) is 0 Å². The number of nitrogens with one attached hydrogen (secondary N) is 1. The summed E-state index contributed by atoms with van der Waals surface area (Å²) in [5.41, 5.74) is 0.554. The first-order valence-corrected chi connectivity index (χ1v) is 6.51. The first-order chi connectivity index (χ1) is 9.49. The van der Waals surface area contributed by atoms with Crippen LogP contribution in [0.2, 0.25) is 5.02 Å². The summed E-state index contributed by atoms with van der Waals surface area (Å²) in [5.74, 6) is -0.441. The minimum Gasteiger partial charge on any atom is -0.322 e. The summed E-state index contributed by atoms with van der Waals surface area (Å²) < 4.78 is 0.276. The van der Waals surface area contributed by atoms with Crippen molar-refractivity contribution < 1.29 is 9.72 Å². The van der Waals surface area contributed by atoms with E-state index in [0.29, 0.717) is 5.69 Å². The minimum absolute atomic E-state index is 0.0811. The summed E-state index contributed by atoms with van der Waals surface area (Å²) in [4.78, 5) is 26.0. The van der Waals surface area contributed by atoms with E-state index in [1.807, 2.05) is 0 Å². The average Bonchev–Trinajstić information content (AvgIpc) is 2.38. The van der Waals surface area contributed by atoms with Crippen LogP contribution < -0.4 is 5.32 Å². The fourth-order valence-electron chi connectivity index (χ4n) is 1.48. The molecule has 102 valence electrons. The number of nitro groups is 1. The Kier molecular flexibility index (Phi) is 4.31. The zero-order valence-electron chi connectivity index (χ0n) is 9.84. The Bertz CT molecular complexity index is 693. The van der Waals surface area contributed by atoms with E-state index in [4.69, 9.17) is 11.6 Å². The fraction of sp³-hybridized carbons (Fsp3) is 0. The summed E-state index contributed by atoms with van der Waals surface area (Å²) in [6, 6.07) is 5.68. The summed E-state index contributed by atoms with van der Waals surface area (Å²) in [6.07, 6.45) is 2.82. The van der Waals surface area contributed by atoms with Gasteiger partial charge in [0.25, 0.3) is 11.6 Å². The van der Waals surface area contributed by atoms with Gasteiger partial charge in [-0.2, -0.15) is 0 Å². The Morgan fingerprint density at radius 1 is 1.40 bits per heavy atom. The molecule has 1 N–H and O–H groups in total. The number of halogens is 2. The van der Waals surface area contributed by atoms with Gasteiger partial charge in [-0.05, 0) is 34.1 Å². The lowest BCUT2D eigenvalue weighted by atomic mass is 10.2. The van der Waals surface area contributed by atoms with Gasteiger partial charge in [0.1, 0.15) is 0 Å². The molecular weight excluding hydrogens is 350 g/mol. The molecule has 0 aliphatic carbocycles. The van der Waals surface area contributed by atoms with E-state index in [9.17, 15) is 14.9 Å². The number of rotatable bonds is 3. The summed E-state index contributed by atoms with van der Waals surface area (Å²) in [5, 5.41) is 13.6. The molecule has 0 aliphatic rings. The van der Waals surface area contributed by atoms with Crippen molar-refractivity contribution >= 4 is 44.8 Å². The van der Waals surface area contributed by atoms with Crippen LogP contribution in [0.5, 0.6) is 0 Å². The van der Waals surface area contributed by atoms with Gasteiger partial charge in [0.2, 0.25) is 0 Å². The highest BCUT2D eigenvalue weighted by molar-refractivity contribution is 9.10. The molecule has 2 aromatic rings. The maximum Gasteiger partial charge on any atom is 0.283 e. The number of amides is 1. The molecule has 0 saturated heterocycles. The molecule has 0 spiro atoms. The lowest BCUT2D eigenvalue weighted by Gasteiger charge is -2.06. The molecule has 8 heteroatoms. The average molecular weight is 357 g/mol. The highest BCUT2D eigenvalue weighted by Crippen LogP contribution is 2.28. The molecule has 0 fully saturated rings. The molecular formula is C12H7BrClN3O3. The summed E-state index contributed by atoms with van der Waals surface area (Å²) in [6.45, 7) is 0. The van der Waals surface area contributed by atoms with Crippen LogP contribution in [0, 0.1) is 10.1 Å². The lowest BCUT2D eigenvalue weighted by molar-refractivity contribution is -0.385. The van der Waals surface area contributed by atoms with E-state index in [0.717, 1.165) is 0 Å². The monoisotopic (exact) mass is 355 g/mol. The van der Waals surface area contributed by atoms with Gasteiger partial charge in [-0.25, -0.2) is 0 Å². The molecule has 0 bridgehead atoms. The van der Waals surface area contributed by atoms with Crippen molar-refractivity contribution in [3.8, 4) is 0 Å². The zero-order valence-corrected chi connectivity index (χ0v) is 12.2. The van der Waals surface area contributed by atoms with Crippen molar-refractivity contribution in [3.05, 3.63) is 61.8 Å². The number of nitro benzene ring substituents is 1. The number of nitrogens with zero attached hydrogens (tertiary/aromatic N) is 2. The molecule has 0 atom stereocenters. The van der Waals surface area contributed by atoms with Gasteiger partial charge in [-0.1, -0.05) is 11.6 Å². The SMILES string of the molecule is O=C(Nc1ccc([N+](=O)[O-])c(Br)c1)c1cnccc1Cl. The van der Waals surface area contributed by atoms with E-state index >= 15 is 0 Å². The predicted molar refractivity (Wildman–Crippen MR) is 78.0 cm³/mol. The first kappa shape index (κ1) is 14.4. The topological polar surface area (TPSA) is 85.1 Å².